The second-order valence-electron chi connectivity index (χ2n) is 6.54. The maximum Gasteiger partial charge on any atom is 0.433 e. The maximum atomic E-state index is 12.8. The first-order valence-corrected chi connectivity index (χ1v) is 8.26. The Morgan fingerprint density at radius 1 is 1.19 bits per heavy atom. The number of halogens is 3. The molecule has 0 radical (unpaired) electrons. The molecule has 0 spiro atoms. The van der Waals surface area contributed by atoms with Crippen LogP contribution in [0.1, 0.15) is 28.7 Å². The predicted octanol–water partition coefficient (Wildman–Crippen LogP) is 1.17. The van der Waals surface area contributed by atoms with Crippen molar-refractivity contribution in [3.63, 3.8) is 0 Å². The van der Waals surface area contributed by atoms with E-state index in [2.05, 4.69) is 4.98 Å². The Morgan fingerprint density at radius 2 is 1.81 bits per heavy atom. The van der Waals surface area contributed by atoms with E-state index in [4.69, 9.17) is 0 Å². The SMILES string of the molecule is CC(=O)N1CCN(C(=O)c2ccc(C(F)(F)F)nc2C)C[C@H]1C(=O)N(C)C. The molecule has 0 aromatic carbocycles. The lowest BCUT2D eigenvalue weighted by atomic mass is 10.1. The number of aromatic nitrogens is 1. The van der Waals surface area contributed by atoms with Crippen molar-refractivity contribution in [2.75, 3.05) is 33.7 Å². The highest BCUT2D eigenvalue weighted by Crippen LogP contribution is 2.28. The molecule has 0 bridgehead atoms. The summed E-state index contributed by atoms with van der Waals surface area (Å²) in [5.41, 5.74) is -1.08. The number of nitrogens with zero attached hydrogens (tertiary/aromatic N) is 4. The van der Waals surface area contributed by atoms with Crippen molar-refractivity contribution in [2.24, 2.45) is 0 Å². The van der Waals surface area contributed by atoms with Gasteiger partial charge in [-0.1, -0.05) is 0 Å². The fourth-order valence-corrected chi connectivity index (χ4v) is 2.97. The number of carbonyl (C=O) groups excluding carboxylic acids is 3. The molecule has 2 heterocycles. The van der Waals surface area contributed by atoms with Gasteiger partial charge in [-0.3, -0.25) is 14.4 Å². The van der Waals surface area contributed by atoms with Crippen LogP contribution in [-0.4, -0.2) is 77.2 Å². The number of hydrogen-bond acceptors (Lipinski definition) is 4. The average molecular weight is 386 g/mol. The lowest BCUT2D eigenvalue weighted by molar-refractivity contribution is -0.146. The Balaban J connectivity index is 2.27. The molecule has 1 aromatic rings. The monoisotopic (exact) mass is 386 g/mol. The van der Waals surface area contributed by atoms with Crippen molar-refractivity contribution in [3.05, 3.63) is 29.1 Å². The summed E-state index contributed by atoms with van der Waals surface area (Å²) in [5.74, 6) is -1.13. The molecule has 0 unspecified atom stereocenters. The van der Waals surface area contributed by atoms with Crippen molar-refractivity contribution in [2.45, 2.75) is 26.1 Å². The fraction of sp³-hybridized carbons (Fsp3) is 0.529. The van der Waals surface area contributed by atoms with E-state index in [0.717, 1.165) is 12.1 Å². The fourth-order valence-electron chi connectivity index (χ4n) is 2.97. The Kier molecular flexibility index (Phi) is 5.76. The Hall–Kier alpha value is -2.65. The van der Waals surface area contributed by atoms with Crippen LogP contribution in [0.15, 0.2) is 12.1 Å². The molecule has 1 atom stereocenters. The van der Waals surface area contributed by atoms with Gasteiger partial charge < -0.3 is 14.7 Å². The van der Waals surface area contributed by atoms with Crippen molar-refractivity contribution < 1.29 is 27.6 Å². The predicted molar refractivity (Wildman–Crippen MR) is 89.7 cm³/mol. The van der Waals surface area contributed by atoms with E-state index in [1.54, 1.807) is 14.1 Å². The molecule has 7 nitrogen and oxygen atoms in total. The summed E-state index contributed by atoms with van der Waals surface area (Å²) in [5, 5.41) is 0. The van der Waals surface area contributed by atoms with Gasteiger partial charge in [-0.25, -0.2) is 4.98 Å². The van der Waals surface area contributed by atoms with Gasteiger partial charge in [-0.05, 0) is 19.1 Å². The van der Waals surface area contributed by atoms with Gasteiger partial charge in [0.25, 0.3) is 5.91 Å². The van der Waals surface area contributed by atoms with Crippen LogP contribution in [-0.2, 0) is 15.8 Å². The van der Waals surface area contributed by atoms with Crippen LogP contribution in [0.4, 0.5) is 13.2 Å². The van der Waals surface area contributed by atoms with Gasteiger partial charge >= 0.3 is 6.18 Å². The number of hydrogen-bond donors (Lipinski definition) is 0. The third-order valence-electron chi connectivity index (χ3n) is 4.40. The highest BCUT2D eigenvalue weighted by Gasteiger charge is 2.38. The van der Waals surface area contributed by atoms with Crippen LogP contribution in [0.3, 0.4) is 0 Å². The molecule has 2 rings (SSSR count). The van der Waals surface area contributed by atoms with Gasteiger partial charge in [0.15, 0.2) is 0 Å². The van der Waals surface area contributed by atoms with E-state index in [1.807, 2.05) is 0 Å². The highest BCUT2D eigenvalue weighted by molar-refractivity contribution is 5.96. The first kappa shape index (κ1) is 20.7. The topological polar surface area (TPSA) is 73.8 Å². The Bertz CT molecular complexity index is 764. The molecule has 3 amide bonds. The van der Waals surface area contributed by atoms with E-state index in [-0.39, 0.29) is 42.7 Å². The van der Waals surface area contributed by atoms with E-state index in [0.29, 0.717) is 0 Å². The van der Waals surface area contributed by atoms with E-state index in [1.165, 1.54) is 28.5 Å². The van der Waals surface area contributed by atoms with Crippen LogP contribution in [0, 0.1) is 6.92 Å². The molecular formula is C17H21F3N4O3. The first-order valence-electron chi connectivity index (χ1n) is 8.26. The lowest BCUT2D eigenvalue weighted by Gasteiger charge is -2.41. The van der Waals surface area contributed by atoms with Gasteiger partial charge in [0.05, 0.1) is 17.8 Å². The summed E-state index contributed by atoms with van der Waals surface area (Å²) in [6, 6.07) is 1.01. The number of aryl methyl sites for hydroxylation is 1. The zero-order valence-corrected chi connectivity index (χ0v) is 15.5. The third-order valence-corrected chi connectivity index (χ3v) is 4.40. The third kappa shape index (κ3) is 4.37. The molecule has 27 heavy (non-hydrogen) atoms. The molecule has 1 fully saturated rings. The molecule has 0 N–H and O–H groups in total. The van der Waals surface area contributed by atoms with Crippen LogP contribution in [0.25, 0.3) is 0 Å². The zero-order chi connectivity index (χ0) is 20.5. The summed E-state index contributed by atoms with van der Waals surface area (Å²) < 4.78 is 38.3. The van der Waals surface area contributed by atoms with Crippen molar-refractivity contribution in [3.8, 4) is 0 Å². The number of carbonyl (C=O) groups is 3. The summed E-state index contributed by atoms with van der Waals surface area (Å²) >= 11 is 0. The summed E-state index contributed by atoms with van der Waals surface area (Å²) in [7, 11) is 3.09. The number of amides is 3. The van der Waals surface area contributed by atoms with Gasteiger partial charge in [0.2, 0.25) is 11.8 Å². The molecule has 0 saturated carbocycles. The average Bonchev–Trinajstić information content (AvgIpc) is 2.58. The highest BCUT2D eigenvalue weighted by atomic mass is 19.4. The molecule has 1 aromatic heterocycles. The molecular weight excluding hydrogens is 365 g/mol. The first-order chi connectivity index (χ1) is 12.4. The van der Waals surface area contributed by atoms with E-state index in [9.17, 15) is 27.6 Å². The van der Waals surface area contributed by atoms with Crippen molar-refractivity contribution >= 4 is 17.7 Å². The molecule has 148 valence electrons. The smallest absolute Gasteiger partial charge is 0.347 e. The van der Waals surface area contributed by atoms with Crippen LogP contribution in [0.2, 0.25) is 0 Å². The van der Waals surface area contributed by atoms with Gasteiger partial charge in [-0.15, -0.1) is 0 Å². The van der Waals surface area contributed by atoms with E-state index >= 15 is 0 Å². The standard InChI is InChI=1S/C17H21F3N4O3/c1-10-12(5-6-14(21-10)17(18,19)20)15(26)23-7-8-24(11(2)25)13(9-23)16(27)22(3)4/h5-6,13H,7-9H2,1-4H3/t13-/m0/s1. The normalized spacial score (nSPS) is 17.7. The number of alkyl halides is 3. The zero-order valence-electron chi connectivity index (χ0n) is 15.5. The summed E-state index contributed by atoms with van der Waals surface area (Å²) in [6.07, 6.45) is -4.59. The summed E-state index contributed by atoms with van der Waals surface area (Å²) in [6.45, 7) is 2.98. The van der Waals surface area contributed by atoms with Gasteiger partial charge in [-0.2, -0.15) is 13.2 Å². The largest absolute Gasteiger partial charge is 0.433 e. The minimum absolute atomic E-state index is 0.0319. The Morgan fingerprint density at radius 3 is 2.30 bits per heavy atom. The van der Waals surface area contributed by atoms with Gasteiger partial charge in [0.1, 0.15) is 11.7 Å². The quantitative estimate of drug-likeness (QED) is 0.765. The number of rotatable bonds is 2. The maximum absolute atomic E-state index is 12.8. The molecule has 10 heteroatoms. The van der Waals surface area contributed by atoms with Crippen molar-refractivity contribution in [1.82, 2.24) is 19.7 Å². The molecule has 1 aliphatic heterocycles. The van der Waals surface area contributed by atoms with E-state index < -0.39 is 23.8 Å². The number of likely N-dealkylation sites (N-methyl/N-ethyl adjacent to an activating group) is 1. The minimum atomic E-state index is -4.59. The van der Waals surface area contributed by atoms with Gasteiger partial charge in [0, 0.05) is 34.1 Å². The van der Waals surface area contributed by atoms with Crippen LogP contribution in [0.5, 0.6) is 0 Å². The molecule has 1 saturated heterocycles. The van der Waals surface area contributed by atoms with Crippen LogP contribution < -0.4 is 0 Å². The molecule has 1 aliphatic rings. The number of pyridine rings is 1. The Labute approximate surface area is 154 Å². The minimum Gasteiger partial charge on any atom is -0.347 e. The van der Waals surface area contributed by atoms with Crippen molar-refractivity contribution in [1.29, 1.82) is 0 Å². The second-order valence-corrected chi connectivity index (χ2v) is 6.54. The summed E-state index contributed by atoms with van der Waals surface area (Å²) in [4.78, 5) is 44.5. The number of piperazine rings is 1. The lowest BCUT2D eigenvalue weighted by Crippen LogP contribution is -2.61. The van der Waals surface area contributed by atoms with Crippen LogP contribution >= 0.6 is 0 Å². The molecule has 0 aliphatic carbocycles. The second kappa shape index (κ2) is 7.53.